The van der Waals surface area contributed by atoms with Crippen LogP contribution in [0.4, 0.5) is 4.39 Å². The molecule has 2 aliphatic rings. The lowest BCUT2D eigenvalue weighted by molar-refractivity contribution is -0.141. The SMILES string of the molecule is CC1(C)CC(=O)C=C(C(=O)N2CCC[C@@](CO)(Cc3ccccc3F)C2)O1. The van der Waals surface area contributed by atoms with E-state index >= 15 is 0 Å². The van der Waals surface area contributed by atoms with Gasteiger partial charge in [-0.3, -0.25) is 9.59 Å². The van der Waals surface area contributed by atoms with Crippen LogP contribution in [-0.4, -0.2) is 47.0 Å². The molecule has 0 radical (unpaired) electrons. The first-order valence-electron chi connectivity index (χ1n) is 9.31. The predicted octanol–water partition coefficient (Wildman–Crippen LogP) is 2.62. The van der Waals surface area contributed by atoms with Crippen LogP contribution < -0.4 is 0 Å². The average molecular weight is 375 g/mol. The molecule has 1 N–H and O–H groups in total. The van der Waals surface area contributed by atoms with E-state index in [1.54, 1.807) is 36.9 Å². The van der Waals surface area contributed by atoms with E-state index in [4.69, 9.17) is 4.74 Å². The van der Waals surface area contributed by atoms with E-state index < -0.39 is 11.0 Å². The molecule has 1 amide bonds. The lowest BCUT2D eigenvalue weighted by Gasteiger charge is -2.43. The number of carbonyl (C=O) groups is 2. The van der Waals surface area contributed by atoms with Crippen molar-refractivity contribution >= 4 is 11.7 Å². The molecule has 0 aliphatic carbocycles. The first kappa shape index (κ1) is 19.5. The van der Waals surface area contributed by atoms with E-state index in [9.17, 15) is 19.1 Å². The highest BCUT2D eigenvalue weighted by molar-refractivity contribution is 6.01. The molecule has 0 bridgehead atoms. The number of aliphatic hydroxyl groups is 1. The summed E-state index contributed by atoms with van der Waals surface area (Å²) in [4.78, 5) is 26.5. The van der Waals surface area contributed by atoms with Crippen LogP contribution in [0.2, 0.25) is 0 Å². The Balaban J connectivity index is 1.79. The third-order valence-corrected chi connectivity index (χ3v) is 5.30. The number of rotatable bonds is 4. The van der Waals surface area contributed by atoms with Crippen LogP contribution in [0.5, 0.6) is 0 Å². The monoisotopic (exact) mass is 375 g/mol. The zero-order valence-corrected chi connectivity index (χ0v) is 15.8. The van der Waals surface area contributed by atoms with Crippen molar-refractivity contribution in [2.45, 2.75) is 45.1 Å². The maximum absolute atomic E-state index is 14.1. The fraction of sp³-hybridized carbons (Fsp3) is 0.524. The molecule has 1 atom stereocenters. The zero-order valence-electron chi connectivity index (χ0n) is 15.8. The number of hydrogen-bond donors (Lipinski definition) is 1. The Morgan fingerprint density at radius 3 is 2.74 bits per heavy atom. The molecule has 2 heterocycles. The maximum atomic E-state index is 14.1. The van der Waals surface area contributed by atoms with Crippen LogP contribution in [0.25, 0.3) is 0 Å². The molecule has 0 unspecified atom stereocenters. The van der Waals surface area contributed by atoms with Crippen LogP contribution in [-0.2, 0) is 20.7 Å². The van der Waals surface area contributed by atoms with E-state index in [1.807, 2.05) is 0 Å². The molecule has 27 heavy (non-hydrogen) atoms. The van der Waals surface area contributed by atoms with Gasteiger partial charge in [-0.1, -0.05) is 18.2 Å². The van der Waals surface area contributed by atoms with Gasteiger partial charge in [-0.25, -0.2) is 4.39 Å². The smallest absolute Gasteiger partial charge is 0.289 e. The third-order valence-electron chi connectivity index (χ3n) is 5.30. The number of benzene rings is 1. The van der Waals surface area contributed by atoms with Gasteiger partial charge in [-0.05, 0) is 44.7 Å². The summed E-state index contributed by atoms with van der Waals surface area (Å²) >= 11 is 0. The van der Waals surface area contributed by atoms with Crippen molar-refractivity contribution in [1.29, 1.82) is 0 Å². The molecule has 1 aromatic carbocycles. The fourth-order valence-corrected chi connectivity index (χ4v) is 4.00. The standard InChI is InChI=1S/C21H26FNO4/c1-20(2)12-16(25)10-18(27-20)19(26)23-9-5-8-21(13-23,14-24)11-15-6-3-4-7-17(15)22/h3-4,6-7,10,24H,5,8-9,11-14H2,1-2H3/t21-/m1/s1. The second-order valence-corrected chi connectivity index (χ2v) is 8.27. The summed E-state index contributed by atoms with van der Waals surface area (Å²) in [6, 6.07) is 6.51. The highest BCUT2D eigenvalue weighted by atomic mass is 19.1. The Bertz CT molecular complexity index is 773. The summed E-state index contributed by atoms with van der Waals surface area (Å²) < 4.78 is 19.8. The van der Waals surface area contributed by atoms with Gasteiger partial charge >= 0.3 is 0 Å². The number of ketones is 1. The van der Waals surface area contributed by atoms with E-state index in [0.29, 0.717) is 37.9 Å². The lowest BCUT2D eigenvalue weighted by Crippen LogP contribution is -2.50. The van der Waals surface area contributed by atoms with Gasteiger partial charge in [0.15, 0.2) is 11.5 Å². The van der Waals surface area contributed by atoms with Gasteiger partial charge in [0.05, 0.1) is 6.61 Å². The summed E-state index contributed by atoms with van der Waals surface area (Å²) in [6.45, 7) is 4.23. The average Bonchev–Trinajstić information content (AvgIpc) is 2.61. The molecule has 1 aromatic rings. The van der Waals surface area contributed by atoms with Gasteiger partial charge in [-0.15, -0.1) is 0 Å². The van der Waals surface area contributed by atoms with Crippen molar-refractivity contribution in [3.8, 4) is 0 Å². The number of carbonyl (C=O) groups excluding carboxylic acids is 2. The zero-order chi connectivity index (χ0) is 19.7. The molecule has 0 aromatic heterocycles. The van der Waals surface area contributed by atoms with Crippen molar-refractivity contribution in [2.24, 2.45) is 5.41 Å². The van der Waals surface area contributed by atoms with Crippen LogP contribution in [0.1, 0.15) is 38.7 Å². The minimum atomic E-state index is -0.714. The van der Waals surface area contributed by atoms with E-state index in [2.05, 4.69) is 0 Å². The molecular weight excluding hydrogens is 349 g/mol. The molecule has 6 heteroatoms. The predicted molar refractivity (Wildman–Crippen MR) is 98.3 cm³/mol. The number of amides is 1. The van der Waals surface area contributed by atoms with Crippen LogP contribution in [0.15, 0.2) is 36.1 Å². The fourth-order valence-electron chi connectivity index (χ4n) is 4.00. The number of allylic oxidation sites excluding steroid dienone is 1. The quantitative estimate of drug-likeness (QED) is 0.879. The number of hydrogen-bond acceptors (Lipinski definition) is 4. The largest absolute Gasteiger partial charge is 0.481 e. The van der Waals surface area contributed by atoms with Crippen molar-refractivity contribution in [3.05, 3.63) is 47.5 Å². The highest BCUT2D eigenvalue weighted by Crippen LogP contribution is 2.35. The van der Waals surface area contributed by atoms with Crippen molar-refractivity contribution in [3.63, 3.8) is 0 Å². The second-order valence-electron chi connectivity index (χ2n) is 8.27. The Labute approximate surface area is 158 Å². The highest BCUT2D eigenvalue weighted by Gasteiger charge is 2.40. The Hall–Kier alpha value is -2.21. The number of likely N-dealkylation sites (tertiary alicyclic amines) is 1. The molecule has 5 nitrogen and oxygen atoms in total. The molecule has 1 saturated heterocycles. The maximum Gasteiger partial charge on any atom is 0.289 e. The molecular formula is C21H26FNO4. The number of ether oxygens (including phenoxy) is 1. The van der Waals surface area contributed by atoms with Crippen LogP contribution in [0.3, 0.4) is 0 Å². The third kappa shape index (κ3) is 4.38. The topological polar surface area (TPSA) is 66.8 Å². The van der Waals surface area contributed by atoms with E-state index in [1.165, 1.54) is 12.1 Å². The van der Waals surface area contributed by atoms with Gasteiger partial charge in [0, 0.05) is 31.0 Å². The Morgan fingerprint density at radius 1 is 1.33 bits per heavy atom. The van der Waals surface area contributed by atoms with Crippen LogP contribution in [0, 0.1) is 11.2 Å². The number of nitrogens with zero attached hydrogens (tertiary/aromatic N) is 1. The van der Waals surface area contributed by atoms with Crippen LogP contribution >= 0.6 is 0 Å². The van der Waals surface area contributed by atoms with E-state index in [-0.39, 0.29) is 36.3 Å². The number of aliphatic hydroxyl groups excluding tert-OH is 1. The van der Waals surface area contributed by atoms with Gasteiger partial charge < -0.3 is 14.7 Å². The van der Waals surface area contributed by atoms with Gasteiger partial charge in [0.2, 0.25) is 0 Å². The molecule has 146 valence electrons. The Morgan fingerprint density at radius 2 is 2.07 bits per heavy atom. The molecule has 3 rings (SSSR count). The lowest BCUT2D eigenvalue weighted by atomic mass is 9.75. The summed E-state index contributed by atoms with van der Waals surface area (Å²) in [5.74, 6) is -0.733. The summed E-state index contributed by atoms with van der Waals surface area (Å²) in [5, 5.41) is 10.1. The molecule has 1 fully saturated rings. The second kappa shape index (κ2) is 7.43. The first-order valence-corrected chi connectivity index (χ1v) is 9.31. The summed E-state index contributed by atoms with van der Waals surface area (Å²) in [6.07, 6.45) is 3.25. The van der Waals surface area contributed by atoms with Gasteiger partial charge in [0.25, 0.3) is 5.91 Å². The van der Waals surface area contributed by atoms with Crippen molar-refractivity contribution in [1.82, 2.24) is 4.90 Å². The summed E-state index contributed by atoms with van der Waals surface area (Å²) in [7, 11) is 0. The molecule has 0 saturated carbocycles. The molecule has 0 spiro atoms. The minimum absolute atomic E-state index is 0.0517. The first-order chi connectivity index (χ1) is 12.7. The van der Waals surface area contributed by atoms with Gasteiger partial charge in [-0.2, -0.15) is 0 Å². The molecule has 2 aliphatic heterocycles. The Kier molecular flexibility index (Phi) is 5.38. The van der Waals surface area contributed by atoms with Gasteiger partial charge in [0.1, 0.15) is 11.4 Å². The minimum Gasteiger partial charge on any atom is -0.481 e. The van der Waals surface area contributed by atoms with Crippen molar-refractivity contribution < 1.29 is 23.8 Å². The number of halogens is 1. The summed E-state index contributed by atoms with van der Waals surface area (Å²) in [5.41, 5.74) is -0.788. The number of piperidine rings is 1. The normalized spacial score (nSPS) is 25.0. The van der Waals surface area contributed by atoms with Crippen molar-refractivity contribution in [2.75, 3.05) is 19.7 Å². The van der Waals surface area contributed by atoms with E-state index in [0.717, 1.165) is 0 Å².